The van der Waals surface area contributed by atoms with Gasteiger partial charge in [-0.05, 0) is 43.9 Å². The maximum absolute atomic E-state index is 11.6. The highest BCUT2D eigenvalue weighted by molar-refractivity contribution is 5.90. The van der Waals surface area contributed by atoms with Gasteiger partial charge in [0.15, 0.2) is 5.76 Å². The maximum Gasteiger partial charge on any atom is 0.341 e. The molecule has 102 valence electrons. The van der Waals surface area contributed by atoms with Crippen LogP contribution < -0.4 is 0 Å². The highest BCUT2D eigenvalue weighted by Gasteiger charge is 2.53. The molecule has 0 aliphatic heterocycles. The van der Waals surface area contributed by atoms with Crippen LogP contribution in [-0.4, -0.2) is 16.2 Å². The van der Waals surface area contributed by atoms with Crippen LogP contribution in [-0.2, 0) is 0 Å². The topological polar surface area (TPSA) is 63.3 Å². The van der Waals surface area contributed by atoms with Crippen molar-refractivity contribution in [2.45, 2.75) is 63.2 Å². The fraction of sp³-hybridized carbons (Fsp3) is 0.733. The maximum atomic E-state index is 11.6. The first-order chi connectivity index (χ1) is 9.21. The van der Waals surface area contributed by atoms with E-state index in [1.165, 1.54) is 32.1 Å². The van der Waals surface area contributed by atoms with E-state index in [0.29, 0.717) is 28.6 Å². The largest absolute Gasteiger partial charge is 0.477 e. The van der Waals surface area contributed by atoms with Crippen molar-refractivity contribution in [3.63, 3.8) is 0 Å². The van der Waals surface area contributed by atoms with Crippen molar-refractivity contribution in [2.24, 2.45) is 5.41 Å². The Labute approximate surface area is 112 Å². The zero-order chi connectivity index (χ0) is 13.0. The Balaban J connectivity index is 1.75. The second-order valence-corrected chi connectivity index (χ2v) is 6.55. The highest BCUT2D eigenvalue weighted by Crippen LogP contribution is 2.63. The first kappa shape index (κ1) is 11.5. The van der Waals surface area contributed by atoms with Crippen LogP contribution in [0.1, 0.15) is 85.0 Å². The van der Waals surface area contributed by atoms with Crippen molar-refractivity contribution in [3.05, 3.63) is 17.0 Å². The molecule has 0 aromatic carbocycles. The second-order valence-electron chi connectivity index (χ2n) is 6.55. The summed E-state index contributed by atoms with van der Waals surface area (Å²) in [5, 5.41) is 13.7. The molecule has 19 heavy (non-hydrogen) atoms. The van der Waals surface area contributed by atoms with Gasteiger partial charge < -0.3 is 9.63 Å². The number of nitrogens with zero attached hydrogens (tertiary/aromatic N) is 1. The summed E-state index contributed by atoms with van der Waals surface area (Å²) in [6.45, 7) is 0. The molecule has 0 bridgehead atoms. The van der Waals surface area contributed by atoms with Crippen molar-refractivity contribution in [3.8, 4) is 0 Å². The predicted molar refractivity (Wildman–Crippen MR) is 68.3 cm³/mol. The Hall–Kier alpha value is -1.32. The van der Waals surface area contributed by atoms with Crippen LogP contribution in [0.5, 0.6) is 0 Å². The van der Waals surface area contributed by atoms with Gasteiger partial charge in [0.05, 0.1) is 0 Å². The number of carboxylic acid groups (broad SMARTS) is 1. The summed E-state index contributed by atoms with van der Waals surface area (Å²) in [6.07, 6.45) is 9.36. The molecule has 0 radical (unpaired) electrons. The Morgan fingerprint density at radius 2 is 2.00 bits per heavy atom. The molecule has 1 atom stereocenters. The lowest BCUT2D eigenvalue weighted by Gasteiger charge is -2.30. The van der Waals surface area contributed by atoms with Crippen LogP contribution in [0.4, 0.5) is 0 Å². The van der Waals surface area contributed by atoms with E-state index in [9.17, 15) is 9.90 Å². The van der Waals surface area contributed by atoms with E-state index in [0.717, 1.165) is 25.0 Å². The Morgan fingerprint density at radius 1 is 1.21 bits per heavy atom. The average molecular weight is 261 g/mol. The summed E-state index contributed by atoms with van der Waals surface area (Å²) < 4.78 is 5.42. The lowest BCUT2D eigenvalue weighted by molar-refractivity contribution is 0.0691. The molecule has 1 heterocycles. The number of hydrogen-bond donors (Lipinski definition) is 1. The zero-order valence-electron chi connectivity index (χ0n) is 11.0. The molecule has 1 spiro atoms. The van der Waals surface area contributed by atoms with Gasteiger partial charge in [0.25, 0.3) is 0 Å². The first-order valence-electron chi connectivity index (χ1n) is 7.44. The van der Waals surface area contributed by atoms with Crippen molar-refractivity contribution < 1.29 is 14.4 Å². The van der Waals surface area contributed by atoms with Crippen LogP contribution in [0.15, 0.2) is 4.52 Å². The van der Waals surface area contributed by atoms with Gasteiger partial charge in [0.1, 0.15) is 11.3 Å². The smallest absolute Gasteiger partial charge is 0.341 e. The number of carboxylic acids is 1. The summed E-state index contributed by atoms with van der Waals surface area (Å²) >= 11 is 0. The Kier molecular flexibility index (Phi) is 2.32. The molecule has 1 aromatic heterocycles. The lowest BCUT2D eigenvalue weighted by Crippen LogP contribution is -2.21. The Bertz CT molecular complexity index is 525. The molecule has 3 saturated carbocycles. The third-order valence-electron chi connectivity index (χ3n) is 5.29. The summed E-state index contributed by atoms with van der Waals surface area (Å²) in [5.41, 5.74) is 1.52. The summed E-state index contributed by atoms with van der Waals surface area (Å²) in [6, 6.07) is 0. The quantitative estimate of drug-likeness (QED) is 0.901. The highest BCUT2D eigenvalue weighted by atomic mass is 16.5. The third kappa shape index (κ3) is 1.72. The van der Waals surface area contributed by atoms with Gasteiger partial charge in [-0.2, -0.15) is 0 Å². The molecule has 1 aromatic rings. The number of aromatic carboxylic acids is 1. The first-order valence-corrected chi connectivity index (χ1v) is 7.44. The van der Waals surface area contributed by atoms with Crippen molar-refractivity contribution >= 4 is 5.97 Å². The molecule has 4 nitrogen and oxygen atoms in total. The summed E-state index contributed by atoms with van der Waals surface area (Å²) in [4.78, 5) is 11.6. The fourth-order valence-corrected chi connectivity index (χ4v) is 3.88. The third-order valence-corrected chi connectivity index (χ3v) is 5.29. The standard InChI is InChI=1S/C15H19NO3/c17-14(18)11-12(16-19-13(11)9-4-5-9)10-3-1-2-6-15(10)7-8-15/h9-10H,1-8H2,(H,17,18). The van der Waals surface area contributed by atoms with Crippen LogP contribution in [0.25, 0.3) is 0 Å². The fourth-order valence-electron chi connectivity index (χ4n) is 3.88. The van der Waals surface area contributed by atoms with Crippen LogP contribution in [0.3, 0.4) is 0 Å². The number of carbonyl (C=O) groups is 1. The number of aromatic nitrogens is 1. The molecular weight excluding hydrogens is 242 g/mol. The number of rotatable bonds is 3. The Morgan fingerprint density at radius 3 is 2.63 bits per heavy atom. The van der Waals surface area contributed by atoms with E-state index in [1.807, 2.05) is 0 Å². The lowest BCUT2D eigenvalue weighted by atomic mass is 9.73. The molecule has 1 unspecified atom stereocenters. The van der Waals surface area contributed by atoms with Crippen LogP contribution in [0.2, 0.25) is 0 Å². The second kappa shape index (κ2) is 3.84. The van der Waals surface area contributed by atoms with Gasteiger partial charge in [-0.1, -0.05) is 18.0 Å². The average Bonchev–Trinajstić information content (AvgIpc) is 3.31. The molecule has 0 amide bonds. The van der Waals surface area contributed by atoms with Gasteiger partial charge >= 0.3 is 5.97 Å². The van der Waals surface area contributed by atoms with E-state index in [2.05, 4.69) is 5.16 Å². The minimum absolute atomic E-state index is 0.311. The van der Waals surface area contributed by atoms with E-state index in [1.54, 1.807) is 0 Å². The molecule has 3 aliphatic carbocycles. The van der Waals surface area contributed by atoms with Crippen molar-refractivity contribution in [1.29, 1.82) is 0 Å². The predicted octanol–water partition coefficient (Wildman–Crippen LogP) is 3.69. The van der Waals surface area contributed by atoms with Gasteiger partial charge in [0, 0.05) is 11.8 Å². The molecular formula is C15H19NO3. The summed E-state index contributed by atoms with van der Waals surface area (Å²) in [5.74, 6) is 0.429. The monoisotopic (exact) mass is 261 g/mol. The molecule has 1 N–H and O–H groups in total. The number of hydrogen-bond acceptors (Lipinski definition) is 3. The van der Waals surface area contributed by atoms with Crippen LogP contribution in [0, 0.1) is 5.41 Å². The molecule has 0 saturated heterocycles. The molecule has 3 fully saturated rings. The van der Waals surface area contributed by atoms with Crippen molar-refractivity contribution in [1.82, 2.24) is 5.16 Å². The SMILES string of the molecule is O=C(O)c1c(C2CCCCC23CC3)noc1C1CC1. The molecule has 4 rings (SSSR count). The zero-order valence-corrected chi connectivity index (χ0v) is 11.0. The van der Waals surface area contributed by atoms with E-state index in [4.69, 9.17) is 4.52 Å². The minimum atomic E-state index is -0.848. The van der Waals surface area contributed by atoms with Gasteiger partial charge in [-0.25, -0.2) is 4.79 Å². The van der Waals surface area contributed by atoms with Gasteiger partial charge in [-0.15, -0.1) is 0 Å². The molecule has 3 aliphatic rings. The molecule has 4 heteroatoms. The minimum Gasteiger partial charge on any atom is -0.477 e. The van der Waals surface area contributed by atoms with E-state index >= 15 is 0 Å². The normalized spacial score (nSPS) is 28.5. The van der Waals surface area contributed by atoms with Gasteiger partial charge in [0.2, 0.25) is 0 Å². The van der Waals surface area contributed by atoms with Crippen LogP contribution >= 0.6 is 0 Å². The summed E-state index contributed by atoms with van der Waals surface area (Å²) in [7, 11) is 0. The van der Waals surface area contributed by atoms with Crippen molar-refractivity contribution in [2.75, 3.05) is 0 Å². The van der Waals surface area contributed by atoms with E-state index < -0.39 is 5.97 Å². The van der Waals surface area contributed by atoms with Gasteiger partial charge in [-0.3, -0.25) is 0 Å². The van der Waals surface area contributed by atoms with E-state index in [-0.39, 0.29) is 0 Å².